The van der Waals surface area contributed by atoms with E-state index in [0.29, 0.717) is 13.1 Å². The van der Waals surface area contributed by atoms with Crippen molar-refractivity contribution in [2.24, 2.45) is 4.99 Å². The Bertz CT molecular complexity index is 747. The van der Waals surface area contributed by atoms with E-state index in [1.54, 1.807) is 20.9 Å². The molecule has 0 spiro atoms. The van der Waals surface area contributed by atoms with Crippen molar-refractivity contribution in [3.63, 3.8) is 0 Å². The summed E-state index contributed by atoms with van der Waals surface area (Å²) in [6.45, 7) is 5.44. The van der Waals surface area contributed by atoms with Gasteiger partial charge in [-0.25, -0.2) is 8.42 Å². The predicted molar refractivity (Wildman–Crippen MR) is 120 cm³/mol. The molecule has 1 aliphatic carbocycles. The highest BCUT2D eigenvalue weighted by atomic mass is 127. The molecule has 26 heavy (non-hydrogen) atoms. The quantitative estimate of drug-likeness (QED) is 0.384. The fraction of sp³-hybridized carbons (Fsp3) is 0.611. The molecule has 5 nitrogen and oxygen atoms in total. The molecule has 1 saturated heterocycles. The molecule has 1 aliphatic heterocycles. The fourth-order valence-corrected chi connectivity index (χ4v) is 5.70. The molecule has 0 amide bonds. The zero-order chi connectivity index (χ0) is 18.1. The van der Waals surface area contributed by atoms with Crippen LogP contribution in [0.5, 0.6) is 0 Å². The summed E-state index contributed by atoms with van der Waals surface area (Å²) in [5, 5.41) is 3.49. The van der Waals surface area contributed by atoms with Gasteiger partial charge in [0.25, 0.3) is 0 Å². The summed E-state index contributed by atoms with van der Waals surface area (Å²) in [5.41, 5.74) is 0. The molecule has 146 valence electrons. The van der Waals surface area contributed by atoms with Crippen molar-refractivity contribution in [2.45, 2.75) is 41.1 Å². The Balaban J connectivity index is 0.00000243. The Morgan fingerprint density at radius 2 is 1.92 bits per heavy atom. The van der Waals surface area contributed by atoms with Gasteiger partial charge in [-0.15, -0.1) is 35.7 Å². The lowest BCUT2D eigenvalue weighted by molar-refractivity contribution is 0.353. The highest BCUT2D eigenvalue weighted by Gasteiger charge is 2.45. The predicted octanol–water partition coefficient (Wildman–Crippen LogP) is 3.01. The first kappa shape index (κ1) is 21.8. The lowest BCUT2D eigenvalue weighted by atomic mass is 10.2. The Morgan fingerprint density at radius 1 is 1.27 bits per heavy atom. The van der Waals surface area contributed by atoms with Crippen LogP contribution in [0, 0.1) is 0 Å². The number of benzene rings is 1. The summed E-state index contributed by atoms with van der Waals surface area (Å²) in [6.07, 6.45) is 2.38. The number of thioether (sulfide) groups is 1. The third-order valence-corrected chi connectivity index (χ3v) is 9.04. The molecular formula is C18H28IN3O2S2. The summed E-state index contributed by atoms with van der Waals surface area (Å²) in [4.78, 5) is 7.76. The average molecular weight is 509 g/mol. The van der Waals surface area contributed by atoms with E-state index in [2.05, 4.69) is 39.5 Å². The number of nitrogens with zero attached hydrogens (tertiary/aromatic N) is 2. The van der Waals surface area contributed by atoms with E-state index >= 15 is 0 Å². The van der Waals surface area contributed by atoms with E-state index in [1.807, 2.05) is 17.8 Å². The van der Waals surface area contributed by atoms with E-state index in [4.69, 9.17) is 0 Å². The molecule has 1 saturated carbocycles. The summed E-state index contributed by atoms with van der Waals surface area (Å²) in [6, 6.07) is 10.5. The molecule has 8 heteroatoms. The molecule has 3 rings (SSSR count). The van der Waals surface area contributed by atoms with Crippen LogP contribution in [-0.2, 0) is 9.84 Å². The Hall–Kier alpha value is -0.480. The van der Waals surface area contributed by atoms with E-state index < -0.39 is 14.6 Å². The molecule has 2 aliphatic rings. The number of hydrogen-bond acceptors (Lipinski definition) is 4. The van der Waals surface area contributed by atoms with Crippen molar-refractivity contribution >= 4 is 51.5 Å². The first-order valence-electron chi connectivity index (χ1n) is 8.69. The van der Waals surface area contributed by atoms with Crippen molar-refractivity contribution < 1.29 is 8.42 Å². The zero-order valence-corrected chi connectivity index (χ0v) is 19.5. The second-order valence-corrected chi connectivity index (χ2v) is 11.8. The van der Waals surface area contributed by atoms with Crippen LogP contribution < -0.4 is 5.32 Å². The molecule has 1 N–H and O–H groups in total. The van der Waals surface area contributed by atoms with Crippen molar-refractivity contribution in [2.75, 3.05) is 32.4 Å². The van der Waals surface area contributed by atoms with Crippen molar-refractivity contribution in [1.82, 2.24) is 10.2 Å². The second-order valence-electron chi connectivity index (χ2n) is 7.50. The van der Waals surface area contributed by atoms with E-state index in [-0.39, 0.29) is 34.5 Å². The first-order valence-corrected chi connectivity index (χ1v) is 11.2. The molecular weight excluding hydrogens is 481 g/mol. The van der Waals surface area contributed by atoms with Crippen LogP contribution in [0.25, 0.3) is 0 Å². The largest absolute Gasteiger partial charge is 0.355 e. The van der Waals surface area contributed by atoms with Gasteiger partial charge in [-0.2, -0.15) is 0 Å². The molecule has 0 radical (unpaired) electrons. The van der Waals surface area contributed by atoms with Crippen LogP contribution in [-0.4, -0.2) is 61.2 Å². The van der Waals surface area contributed by atoms with Crippen molar-refractivity contribution in [1.29, 1.82) is 0 Å². The van der Waals surface area contributed by atoms with Gasteiger partial charge in [-0.3, -0.25) is 4.99 Å². The van der Waals surface area contributed by atoms with Gasteiger partial charge >= 0.3 is 0 Å². The summed E-state index contributed by atoms with van der Waals surface area (Å²) >= 11 is 1.92. The lowest BCUT2D eigenvalue weighted by Gasteiger charge is -2.39. The minimum atomic E-state index is -3.04. The standard InChI is InChI=1S/C18H27N3O2S2.HI/c1-17(2)14-21(11-12-25(17,22)23)16(19-3)20-13-18(9-10-18)24-15-7-5-4-6-8-15;/h4-8H,9-14H2,1-3H3,(H,19,20);1H. The maximum Gasteiger partial charge on any atom is 0.193 e. The number of halogens is 1. The third-order valence-electron chi connectivity index (χ3n) is 5.01. The molecule has 0 unspecified atom stereocenters. The van der Waals surface area contributed by atoms with Gasteiger partial charge < -0.3 is 10.2 Å². The van der Waals surface area contributed by atoms with Gasteiger partial charge in [0.15, 0.2) is 15.8 Å². The molecule has 1 aromatic carbocycles. The molecule has 0 aromatic heterocycles. The SMILES string of the molecule is CN=C(NCC1(Sc2ccccc2)CC1)N1CCS(=O)(=O)C(C)(C)C1.I. The van der Waals surface area contributed by atoms with E-state index in [0.717, 1.165) is 12.5 Å². The van der Waals surface area contributed by atoms with Crippen LogP contribution in [0.2, 0.25) is 0 Å². The van der Waals surface area contributed by atoms with Crippen molar-refractivity contribution in [3.05, 3.63) is 30.3 Å². The van der Waals surface area contributed by atoms with Gasteiger partial charge in [-0.1, -0.05) is 18.2 Å². The van der Waals surface area contributed by atoms with Gasteiger partial charge in [0.2, 0.25) is 0 Å². The highest BCUT2D eigenvalue weighted by molar-refractivity contribution is 14.0. The van der Waals surface area contributed by atoms with Crippen LogP contribution in [0.15, 0.2) is 40.2 Å². The van der Waals surface area contributed by atoms with Gasteiger partial charge in [0.1, 0.15) is 0 Å². The van der Waals surface area contributed by atoms with Crippen LogP contribution in [0.4, 0.5) is 0 Å². The second kappa shape index (κ2) is 8.26. The zero-order valence-electron chi connectivity index (χ0n) is 15.6. The van der Waals surface area contributed by atoms with Crippen LogP contribution >= 0.6 is 35.7 Å². The maximum atomic E-state index is 12.2. The number of aliphatic imine (C=N–C) groups is 1. The maximum absolute atomic E-state index is 12.2. The average Bonchev–Trinajstić information content (AvgIpc) is 3.32. The molecule has 0 bridgehead atoms. The number of hydrogen-bond donors (Lipinski definition) is 1. The normalized spacial score (nSPS) is 23.0. The summed E-state index contributed by atoms with van der Waals surface area (Å²) in [7, 11) is -1.27. The Morgan fingerprint density at radius 3 is 2.46 bits per heavy atom. The van der Waals surface area contributed by atoms with E-state index in [1.165, 1.54) is 17.7 Å². The van der Waals surface area contributed by atoms with Crippen molar-refractivity contribution in [3.8, 4) is 0 Å². The monoisotopic (exact) mass is 509 g/mol. The minimum absolute atomic E-state index is 0. The van der Waals surface area contributed by atoms with Gasteiger partial charge in [0, 0.05) is 36.3 Å². The van der Waals surface area contributed by atoms with E-state index in [9.17, 15) is 8.42 Å². The van der Waals surface area contributed by atoms with Crippen LogP contribution in [0.3, 0.4) is 0 Å². The Labute approximate surface area is 178 Å². The molecule has 2 fully saturated rings. The molecule has 0 atom stereocenters. The highest BCUT2D eigenvalue weighted by Crippen LogP contribution is 2.51. The summed E-state index contributed by atoms with van der Waals surface area (Å²) in [5.74, 6) is 0.993. The van der Waals surface area contributed by atoms with Crippen LogP contribution in [0.1, 0.15) is 26.7 Å². The number of guanidine groups is 1. The number of nitrogens with one attached hydrogen (secondary N) is 1. The molecule has 1 aromatic rings. The number of rotatable bonds is 4. The fourth-order valence-electron chi connectivity index (χ4n) is 3.09. The van der Waals surface area contributed by atoms with Gasteiger partial charge in [-0.05, 0) is 38.8 Å². The summed E-state index contributed by atoms with van der Waals surface area (Å²) < 4.78 is 23.9. The topological polar surface area (TPSA) is 61.8 Å². The Kier molecular flexibility index (Phi) is 6.93. The minimum Gasteiger partial charge on any atom is -0.355 e. The molecule has 1 heterocycles. The number of sulfone groups is 1. The van der Waals surface area contributed by atoms with Gasteiger partial charge in [0.05, 0.1) is 10.5 Å². The third kappa shape index (κ3) is 4.86. The first-order chi connectivity index (χ1) is 11.8. The lowest BCUT2D eigenvalue weighted by Crippen LogP contribution is -2.57. The smallest absolute Gasteiger partial charge is 0.193 e.